The van der Waals surface area contributed by atoms with Gasteiger partial charge in [-0.25, -0.2) is 0 Å². The highest BCUT2D eigenvalue weighted by atomic mass is 35.5. The molecule has 0 fully saturated rings. The molecular formula is C27H22Cl2O3. The SMILES string of the molecule is CC(=O)C1C=CC(Oc2ccccc2)=CC1(Cl)Cl.O=C(c1ccccc1)c1ccccc1. The molecule has 0 saturated heterocycles. The number of benzene rings is 3. The second-order valence-electron chi connectivity index (χ2n) is 7.14. The van der Waals surface area contributed by atoms with Crippen molar-refractivity contribution in [3.8, 4) is 5.75 Å². The molecule has 3 nitrogen and oxygen atoms in total. The van der Waals surface area contributed by atoms with Crippen LogP contribution in [-0.2, 0) is 4.79 Å². The van der Waals surface area contributed by atoms with E-state index in [1.54, 1.807) is 18.2 Å². The molecule has 1 aliphatic rings. The zero-order valence-electron chi connectivity index (χ0n) is 17.5. The summed E-state index contributed by atoms with van der Waals surface area (Å²) >= 11 is 12.3. The van der Waals surface area contributed by atoms with Crippen LogP contribution >= 0.6 is 23.2 Å². The van der Waals surface area contributed by atoms with Gasteiger partial charge in [0, 0.05) is 11.1 Å². The predicted octanol–water partition coefficient (Wildman–Crippen LogP) is 6.82. The number of ether oxygens (including phenoxy) is 1. The molecule has 1 unspecified atom stereocenters. The number of Topliss-reactive ketones (excluding diaryl/α,β-unsaturated/α-hetero) is 1. The Bertz CT molecular complexity index is 1060. The monoisotopic (exact) mass is 464 g/mol. The van der Waals surface area contributed by atoms with Gasteiger partial charge in [0.05, 0.1) is 5.92 Å². The van der Waals surface area contributed by atoms with Crippen LogP contribution in [0, 0.1) is 5.92 Å². The number of hydrogen-bond donors (Lipinski definition) is 0. The summed E-state index contributed by atoms with van der Waals surface area (Å²) in [4.78, 5) is 23.2. The van der Waals surface area contributed by atoms with Crippen molar-refractivity contribution >= 4 is 34.8 Å². The summed E-state index contributed by atoms with van der Waals surface area (Å²) in [5.74, 6) is 0.684. The van der Waals surface area contributed by atoms with Crippen LogP contribution in [-0.4, -0.2) is 15.9 Å². The molecule has 32 heavy (non-hydrogen) atoms. The molecule has 0 bridgehead atoms. The molecule has 1 atom stereocenters. The van der Waals surface area contributed by atoms with E-state index in [1.807, 2.05) is 91.0 Å². The molecule has 1 aliphatic carbocycles. The lowest BCUT2D eigenvalue weighted by Gasteiger charge is -2.26. The molecule has 0 amide bonds. The first-order chi connectivity index (χ1) is 15.4. The fourth-order valence-corrected chi connectivity index (χ4v) is 3.76. The van der Waals surface area contributed by atoms with E-state index in [-0.39, 0.29) is 11.6 Å². The predicted molar refractivity (Wildman–Crippen MR) is 129 cm³/mol. The Morgan fingerprint density at radius 3 is 1.69 bits per heavy atom. The average molecular weight is 465 g/mol. The van der Waals surface area contributed by atoms with Gasteiger partial charge < -0.3 is 4.74 Å². The van der Waals surface area contributed by atoms with E-state index in [4.69, 9.17) is 27.9 Å². The van der Waals surface area contributed by atoms with Crippen LogP contribution in [0.25, 0.3) is 0 Å². The number of carbonyl (C=O) groups excluding carboxylic acids is 2. The molecule has 0 heterocycles. The summed E-state index contributed by atoms with van der Waals surface area (Å²) in [7, 11) is 0. The lowest BCUT2D eigenvalue weighted by atomic mass is 9.95. The summed E-state index contributed by atoms with van der Waals surface area (Å²) in [6.07, 6.45) is 4.93. The maximum atomic E-state index is 11.8. The normalized spacial score (nSPS) is 16.2. The van der Waals surface area contributed by atoms with Crippen LogP contribution in [0.4, 0.5) is 0 Å². The summed E-state index contributed by atoms with van der Waals surface area (Å²) in [5.41, 5.74) is 1.47. The van der Waals surface area contributed by atoms with Gasteiger partial charge >= 0.3 is 0 Å². The standard InChI is InChI=1S/C14H12Cl2O2.C13H10O/c1-10(17)13-8-7-12(9-14(13,15)16)18-11-5-3-2-4-6-11;14-13(11-7-3-1-4-8-11)12-9-5-2-6-10-12/h2-9,13H,1H3;1-10H. The number of allylic oxidation sites excluding steroid dienone is 3. The molecule has 3 aromatic carbocycles. The highest BCUT2D eigenvalue weighted by Gasteiger charge is 2.37. The van der Waals surface area contributed by atoms with E-state index in [0.29, 0.717) is 11.5 Å². The lowest BCUT2D eigenvalue weighted by molar-refractivity contribution is -0.119. The molecule has 0 radical (unpaired) electrons. The molecule has 0 N–H and O–H groups in total. The van der Waals surface area contributed by atoms with Gasteiger partial charge in [-0.05, 0) is 31.2 Å². The minimum absolute atomic E-state index is 0.0752. The quantitative estimate of drug-likeness (QED) is 0.307. The second kappa shape index (κ2) is 10.9. The Balaban J connectivity index is 0.000000186. The Hall–Kier alpha value is -3.14. The second-order valence-corrected chi connectivity index (χ2v) is 8.59. The van der Waals surface area contributed by atoms with Gasteiger partial charge in [-0.15, -0.1) is 0 Å². The topological polar surface area (TPSA) is 43.4 Å². The van der Waals surface area contributed by atoms with Crippen LogP contribution in [0.1, 0.15) is 22.8 Å². The van der Waals surface area contributed by atoms with E-state index in [9.17, 15) is 9.59 Å². The maximum Gasteiger partial charge on any atom is 0.193 e. The van der Waals surface area contributed by atoms with Gasteiger partial charge in [0.2, 0.25) is 0 Å². The van der Waals surface area contributed by atoms with Crippen LogP contribution in [0.15, 0.2) is 115 Å². The van der Waals surface area contributed by atoms with Gasteiger partial charge in [0.1, 0.15) is 17.3 Å². The molecular weight excluding hydrogens is 443 g/mol. The van der Waals surface area contributed by atoms with Crippen LogP contribution in [0.5, 0.6) is 5.75 Å². The minimum Gasteiger partial charge on any atom is -0.458 e. The zero-order chi connectivity index (χ0) is 23.0. The molecule has 3 aromatic rings. The lowest BCUT2D eigenvalue weighted by Crippen LogP contribution is -2.30. The largest absolute Gasteiger partial charge is 0.458 e. The number of ketones is 2. The average Bonchev–Trinajstić information content (AvgIpc) is 2.80. The van der Waals surface area contributed by atoms with Crippen molar-refractivity contribution in [2.75, 3.05) is 0 Å². The number of hydrogen-bond acceptors (Lipinski definition) is 3. The smallest absolute Gasteiger partial charge is 0.193 e. The van der Waals surface area contributed by atoms with E-state index in [1.165, 1.54) is 6.92 Å². The fourth-order valence-electron chi connectivity index (χ4n) is 3.09. The van der Waals surface area contributed by atoms with Gasteiger partial charge in [0.15, 0.2) is 10.1 Å². The van der Waals surface area contributed by atoms with E-state index in [0.717, 1.165) is 11.1 Å². The van der Waals surface area contributed by atoms with Crippen molar-refractivity contribution in [1.82, 2.24) is 0 Å². The third-order valence-corrected chi connectivity index (χ3v) is 5.38. The summed E-state index contributed by atoms with van der Waals surface area (Å²) in [6, 6.07) is 27.9. The number of alkyl halides is 2. The molecule has 0 saturated carbocycles. The maximum absolute atomic E-state index is 11.8. The van der Waals surface area contributed by atoms with Crippen molar-refractivity contribution in [3.63, 3.8) is 0 Å². The van der Waals surface area contributed by atoms with E-state index < -0.39 is 10.3 Å². The van der Waals surface area contributed by atoms with E-state index >= 15 is 0 Å². The van der Waals surface area contributed by atoms with Crippen molar-refractivity contribution in [1.29, 1.82) is 0 Å². The van der Waals surface area contributed by atoms with Crippen molar-refractivity contribution < 1.29 is 14.3 Å². The number of para-hydroxylation sites is 1. The van der Waals surface area contributed by atoms with Gasteiger partial charge in [-0.2, -0.15) is 0 Å². The number of halogens is 2. The summed E-state index contributed by atoms with van der Waals surface area (Å²) < 4.78 is 4.35. The molecule has 0 aliphatic heterocycles. The Morgan fingerprint density at radius 1 is 0.781 bits per heavy atom. The van der Waals surface area contributed by atoms with E-state index in [2.05, 4.69) is 0 Å². The van der Waals surface area contributed by atoms with Gasteiger partial charge in [0.25, 0.3) is 0 Å². The highest BCUT2D eigenvalue weighted by Crippen LogP contribution is 2.38. The molecule has 0 spiro atoms. The van der Waals surface area contributed by atoms with Gasteiger partial charge in [-0.3, -0.25) is 9.59 Å². The number of carbonyl (C=O) groups is 2. The number of rotatable bonds is 5. The summed E-state index contributed by atoms with van der Waals surface area (Å²) in [5, 5.41) is 0. The van der Waals surface area contributed by atoms with Gasteiger partial charge in [-0.1, -0.05) is 108 Å². The van der Waals surface area contributed by atoms with Crippen LogP contribution in [0.2, 0.25) is 0 Å². The first-order valence-corrected chi connectivity index (χ1v) is 10.8. The fraction of sp³-hybridized carbons (Fsp3) is 0.111. The Morgan fingerprint density at radius 2 is 1.25 bits per heavy atom. The zero-order valence-corrected chi connectivity index (χ0v) is 19.0. The first-order valence-electron chi connectivity index (χ1n) is 10.0. The molecule has 5 heteroatoms. The first kappa shape index (κ1) is 23.5. The van der Waals surface area contributed by atoms with Crippen molar-refractivity contribution in [2.45, 2.75) is 11.3 Å². The Labute approximate surface area is 197 Å². The Kier molecular flexibility index (Phi) is 8.04. The molecule has 0 aromatic heterocycles. The van der Waals surface area contributed by atoms with Crippen molar-refractivity contribution in [3.05, 3.63) is 126 Å². The highest BCUT2D eigenvalue weighted by molar-refractivity contribution is 6.51. The van der Waals surface area contributed by atoms with Crippen LogP contribution < -0.4 is 4.74 Å². The van der Waals surface area contributed by atoms with Crippen LogP contribution in [0.3, 0.4) is 0 Å². The third-order valence-electron chi connectivity index (χ3n) is 4.69. The molecule has 4 rings (SSSR count). The third kappa shape index (κ3) is 6.43. The minimum atomic E-state index is -1.26. The van der Waals surface area contributed by atoms with Crippen molar-refractivity contribution in [2.24, 2.45) is 5.92 Å². The molecule has 162 valence electrons. The summed E-state index contributed by atoms with van der Waals surface area (Å²) in [6.45, 7) is 1.46.